The first-order chi connectivity index (χ1) is 17.1. The van der Waals surface area contributed by atoms with Crippen molar-refractivity contribution in [3.8, 4) is 0 Å². The molecule has 1 unspecified atom stereocenters. The van der Waals surface area contributed by atoms with E-state index < -0.39 is 36.0 Å². The SMILES string of the molecule is CC(C)OC(=O)C1=C(CN2CCC(O)(C(F)F)CC2)NC(c2nccs2)=NC1c1ccc(F)cc1Br. The Morgan fingerprint density at radius 3 is 2.67 bits per heavy atom. The van der Waals surface area contributed by atoms with Gasteiger partial charge in [-0.15, -0.1) is 11.3 Å². The lowest BCUT2D eigenvalue weighted by Crippen LogP contribution is -2.50. The highest BCUT2D eigenvalue weighted by Gasteiger charge is 2.41. The van der Waals surface area contributed by atoms with Crippen molar-refractivity contribution in [1.29, 1.82) is 0 Å². The first-order valence-corrected chi connectivity index (χ1v) is 13.1. The molecule has 3 heterocycles. The summed E-state index contributed by atoms with van der Waals surface area (Å²) in [6.07, 6.45) is -1.78. The third kappa shape index (κ3) is 5.82. The Hall–Kier alpha value is -2.28. The number of carbonyl (C=O) groups excluding carboxylic acids is 1. The van der Waals surface area contributed by atoms with Crippen LogP contribution in [0.25, 0.3) is 0 Å². The fourth-order valence-electron chi connectivity index (χ4n) is 4.18. The van der Waals surface area contributed by atoms with E-state index in [1.54, 1.807) is 31.5 Å². The average Bonchev–Trinajstić information content (AvgIpc) is 3.35. The number of halogens is 4. The number of rotatable bonds is 7. The van der Waals surface area contributed by atoms with E-state index >= 15 is 0 Å². The first kappa shape index (κ1) is 26.8. The molecule has 0 saturated carbocycles. The van der Waals surface area contributed by atoms with Gasteiger partial charge in [0.1, 0.15) is 17.5 Å². The van der Waals surface area contributed by atoms with Crippen LogP contribution in [-0.2, 0) is 9.53 Å². The smallest absolute Gasteiger partial charge is 0.338 e. The summed E-state index contributed by atoms with van der Waals surface area (Å²) in [5, 5.41) is 15.8. The maximum atomic E-state index is 13.9. The molecule has 36 heavy (non-hydrogen) atoms. The lowest BCUT2D eigenvalue weighted by atomic mass is 9.91. The number of alkyl halides is 2. The van der Waals surface area contributed by atoms with Gasteiger partial charge in [0, 0.05) is 41.4 Å². The van der Waals surface area contributed by atoms with Gasteiger partial charge in [-0.3, -0.25) is 9.89 Å². The average molecular weight is 587 g/mol. The molecule has 2 aliphatic rings. The van der Waals surface area contributed by atoms with Gasteiger partial charge in [-0.1, -0.05) is 22.0 Å². The van der Waals surface area contributed by atoms with Crippen LogP contribution in [-0.4, -0.2) is 64.6 Å². The molecule has 2 aliphatic heterocycles. The summed E-state index contributed by atoms with van der Waals surface area (Å²) >= 11 is 4.76. The van der Waals surface area contributed by atoms with Crippen LogP contribution in [0, 0.1) is 5.82 Å². The van der Waals surface area contributed by atoms with E-state index in [2.05, 4.69) is 26.2 Å². The topological polar surface area (TPSA) is 87.0 Å². The summed E-state index contributed by atoms with van der Waals surface area (Å²) in [4.78, 5) is 24.3. The van der Waals surface area contributed by atoms with E-state index in [0.29, 0.717) is 26.6 Å². The van der Waals surface area contributed by atoms with Crippen LogP contribution in [0.5, 0.6) is 0 Å². The molecule has 12 heteroatoms. The highest BCUT2D eigenvalue weighted by molar-refractivity contribution is 9.10. The molecule has 1 atom stereocenters. The number of carbonyl (C=O) groups is 1. The Labute approximate surface area is 219 Å². The molecular formula is C24H26BrF3N4O3S. The lowest BCUT2D eigenvalue weighted by Gasteiger charge is -2.38. The van der Waals surface area contributed by atoms with Gasteiger partial charge in [-0.25, -0.2) is 22.9 Å². The summed E-state index contributed by atoms with van der Waals surface area (Å²) in [6.45, 7) is 4.11. The Bertz CT molecular complexity index is 1170. The molecular weight excluding hydrogens is 561 g/mol. The molecule has 0 radical (unpaired) electrons. The van der Waals surface area contributed by atoms with Crippen molar-refractivity contribution >= 4 is 39.1 Å². The third-order valence-corrected chi connectivity index (χ3v) is 7.56. The zero-order chi connectivity index (χ0) is 26.0. The van der Waals surface area contributed by atoms with Crippen LogP contribution < -0.4 is 5.32 Å². The van der Waals surface area contributed by atoms with Crippen molar-refractivity contribution in [1.82, 2.24) is 15.2 Å². The van der Waals surface area contributed by atoms with Gasteiger partial charge in [-0.05, 0) is 44.4 Å². The number of ether oxygens (including phenoxy) is 1. The number of nitrogens with one attached hydrogen (secondary N) is 1. The number of piperidine rings is 1. The van der Waals surface area contributed by atoms with E-state index in [-0.39, 0.29) is 38.0 Å². The maximum Gasteiger partial charge on any atom is 0.338 e. The molecule has 1 aromatic heterocycles. The Kier molecular flexibility index (Phi) is 8.18. The van der Waals surface area contributed by atoms with Crippen molar-refractivity contribution in [3.63, 3.8) is 0 Å². The fraction of sp³-hybridized carbons (Fsp3) is 0.458. The predicted octanol–water partition coefficient (Wildman–Crippen LogP) is 4.43. The van der Waals surface area contributed by atoms with Crippen LogP contribution in [0.3, 0.4) is 0 Å². The normalized spacial score (nSPS) is 20.5. The minimum atomic E-state index is -2.83. The Morgan fingerprint density at radius 2 is 2.08 bits per heavy atom. The number of aliphatic hydroxyl groups is 1. The monoisotopic (exact) mass is 586 g/mol. The van der Waals surface area contributed by atoms with Crippen LogP contribution in [0.15, 0.2) is 50.5 Å². The molecule has 1 saturated heterocycles. The largest absolute Gasteiger partial charge is 0.459 e. The van der Waals surface area contributed by atoms with Gasteiger partial charge >= 0.3 is 5.97 Å². The van der Waals surface area contributed by atoms with Crippen LogP contribution in [0.4, 0.5) is 13.2 Å². The number of benzene rings is 1. The second-order valence-electron chi connectivity index (χ2n) is 9.04. The standard InChI is InChI=1S/C24H26BrF3N4O3S/c1-13(2)35-22(33)18-17(12-32-8-5-24(34,6-9-32)23(27)28)30-20(21-29-7-10-36-21)31-19(18)15-4-3-14(26)11-16(15)25/h3-4,7,10-11,13,19,23,34H,5-6,8-9,12H2,1-2H3,(H,30,31). The van der Waals surface area contributed by atoms with Crippen LogP contribution in [0.1, 0.15) is 43.3 Å². The van der Waals surface area contributed by atoms with Gasteiger partial charge < -0.3 is 15.2 Å². The molecule has 0 bridgehead atoms. The van der Waals surface area contributed by atoms with E-state index in [1.165, 1.54) is 23.5 Å². The molecule has 1 fully saturated rings. The summed E-state index contributed by atoms with van der Waals surface area (Å²) in [7, 11) is 0. The van der Waals surface area contributed by atoms with Gasteiger partial charge in [0.25, 0.3) is 6.43 Å². The van der Waals surface area contributed by atoms with Crippen molar-refractivity contribution in [2.24, 2.45) is 4.99 Å². The molecule has 2 N–H and O–H groups in total. The van der Waals surface area contributed by atoms with Gasteiger partial charge in [0.15, 0.2) is 10.8 Å². The van der Waals surface area contributed by atoms with Crippen molar-refractivity contribution in [2.45, 2.75) is 50.9 Å². The number of hydrogen-bond acceptors (Lipinski definition) is 8. The maximum absolute atomic E-state index is 13.9. The zero-order valence-electron chi connectivity index (χ0n) is 19.7. The molecule has 2 aromatic rings. The number of aromatic nitrogens is 1. The van der Waals surface area contributed by atoms with Crippen molar-refractivity contribution in [2.75, 3.05) is 19.6 Å². The minimum Gasteiger partial charge on any atom is -0.459 e. The molecule has 194 valence electrons. The quantitative estimate of drug-likeness (QED) is 0.467. The summed E-state index contributed by atoms with van der Waals surface area (Å²) in [6, 6.07) is 3.32. The molecule has 7 nitrogen and oxygen atoms in total. The summed E-state index contributed by atoms with van der Waals surface area (Å²) in [5.74, 6) is -0.598. The van der Waals surface area contributed by atoms with Gasteiger partial charge in [-0.2, -0.15) is 0 Å². The Balaban J connectivity index is 1.75. The summed E-state index contributed by atoms with van der Waals surface area (Å²) < 4.78 is 46.4. The minimum absolute atomic E-state index is 0.0932. The molecule has 1 aromatic carbocycles. The number of amidine groups is 1. The Morgan fingerprint density at radius 1 is 1.36 bits per heavy atom. The highest BCUT2D eigenvalue weighted by atomic mass is 79.9. The second-order valence-corrected chi connectivity index (χ2v) is 10.8. The number of hydrogen-bond donors (Lipinski definition) is 2. The number of esters is 1. The lowest BCUT2D eigenvalue weighted by molar-refractivity contribution is -0.143. The molecule has 0 spiro atoms. The second kappa shape index (κ2) is 11.0. The third-order valence-electron chi connectivity index (χ3n) is 6.09. The zero-order valence-corrected chi connectivity index (χ0v) is 22.1. The molecule has 0 amide bonds. The van der Waals surface area contributed by atoms with Crippen molar-refractivity contribution in [3.05, 3.63) is 61.9 Å². The van der Waals surface area contributed by atoms with E-state index in [1.807, 2.05) is 4.90 Å². The molecule has 4 rings (SSSR count). The van der Waals surface area contributed by atoms with Crippen LogP contribution >= 0.6 is 27.3 Å². The predicted molar refractivity (Wildman–Crippen MR) is 134 cm³/mol. The molecule has 0 aliphatic carbocycles. The van der Waals surface area contributed by atoms with Gasteiger partial charge in [0.2, 0.25) is 0 Å². The number of likely N-dealkylation sites (tertiary alicyclic amines) is 1. The van der Waals surface area contributed by atoms with Gasteiger partial charge in [0.05, 0.1) is 11.7 Å². The highest BCUT2D eigenvalue weighted by Crippen LogP contribution is 2.38. The number of nitrogens with zero attached hydrogens (tertiary/aromatic N) is 3. The first-order valence-electron chi connectivity index (χ1n) is 11.4. The number of aliphatic imine (C=N–C) groups is 1. The summed E-state index contributed by atoms with van der Waals surface area (Å²) in [5.41, 5.74) is -0.722. The van der Waals surface area contributed by atoms with Crippen LogP contribution in [0.2, 0.25) is 0 Å². The van der Waals surface area contributed by atoms with E-state index in [9.17, 15) is 23.1 Å². The van der Waals surface area contributed by atoms with E-state index in [4.69, 9.17) is 9.73 Å². The number of thiazole rings is 1. The van der Waals surface area contributed by atoms with Crippen molar-refractivity contribution < 1.29 is 27.8 Å². The fourth-order valence-corrected chi connectivity index (χ4v) is 5.33. The van der Waals surface area contributed by atoms with E-state index in [0.717, 1.165) is 0 Å².